The monoisotopic (exact) mass is 402 g/mol. The molecule has 0 bridgehead atoms. The first kappa shape index (κ1) is 20.5. The van der Waals surface area contributed by atoms with E-state index in [2.05, 4.69) is 5.32 Å². The third-order valence-electron chi connectivity index (χ3n) is 5.34. The van der Waals surface area contributed by atoms with Crippen molar-refractivity contribution in [3.63, 3.8) is 0 Å². The molecule has 0 unspecified atom stereocenters. The van der Waals surface area contributed by atoms with E-state index in [9.17, 15) is 14.4 Å². The SMILES string of the molecule is COc1ccc(NC(=O)C2CCN(c3cc(=O)n(C)c(=O)n3C)CC2)cc1OC. The van der Waals surface area contributed by atoms with Gasteiger partial charge >= 0.3 is 5.69 Å². The molecular formula is C20H26N4O5. The summed E-state index contributed by atoms with van der Waals surface area (Å²) in [5.74, 6) is 1.51. The van der Waals surface area contributed by atoms with Crippen LogP contribution in [0, 0.1) is 5.92 Å². The van der Waals surface area contributed by atoms with Crippen molar-refractivity contribution >= 4 is 17.4 Å². The number of nitrogens with zero attached hydrogens (tertiary/aromatic N) is 3. The van der Waals surface area contributed by atoms with Crippen molar-refractivity contribution in [2.45, 2.75) is 12.8 Å². The average molecular weight is 402 g/mol. The van der Waals surface area contributed by atoms with Crippen molar-refractivity contribution in [2.75, 3.05) is 37.5 Å². The molecular weight excluding hydrogens is 376 g/mol. The third kappa shape index (κ3) is 4.13. The zero-order chi connectivity index (χ0) is 21.1. The number of carbonyl (C=O) groups excluding carboxylic acids is 1. The van der Waals surface area contributed by atoms with Crippen LogP contribution in [0.4, 0.5) is 11.5 Å². The zero-order valence-electron chi connectivity index (χ0n) is 17.1. The van der Waals surface area contributed by atoms with Crippen molar-refractivity contribution in [1.82, 2.24) is 9.13 Å². The van der Waals surface area contributed by atoms with E-state index in [1.54, 1.807) is 39.5 Å². The fraction of sp³-hybridized carbons (Fsp3) is 0.450. The molecule has 1 N–H and O–H groups in total. The summed E-state index contributed by atoms with van der Waals surface area (Å²) in [6, 6.07) is 6.70. The second-order valence-electron chi connectivity index (χ2n) is 7.06. The number of benzene rings is 1. The number of carbonyl (C=O) groups is 1. The highest BCUT2D eigenvalue weighted by molar-refractivity contribution is 5.93. The summed E-state index contributed by atoms with van der Waals surface area (Å²) in [6.45, 7) is 1.18. The fourth-order valence-corrected chi connectivity index (χ4v) is 3.55. The molecule has 29 heavy (non-hydrogen) atoms. The van der Waals surface area contributed by atoms with Crippen LogP contribution in [0.2, 0.25) is 0 Å². The van der Waals surface area contributed by atoms with Crippen LogP contribution >= 0.6 is 0 Å². The van der Waals surface area contributed by atoms with Gasteiger partial charge in [-0.25, -0.2) is 4.79 Å². The standard InChI is InChI=1S/C20H26N4O5/c1-22-17(12-18(25)23(2)20(22)27)24-9-7-13(8-10-24)19(26)21-14-5-6-15(28-3)16(11-14)29-4/h5-6,11-13H,7-10H2,1-4H3,(H,21,26). The summed E-state index contributed by atoms with van der Waals surface area (Å²) in [5.41, 5.74) is -0.0544. The number of hydrogen-bond acceptors (Lipinski definition) is 6. The number of aromatic nitrogens is 2. The predicted molar refractivity (Wildman–Crippen MR) is 110 cm³/mol. The van der Waals surface area contributed by atoms with E-state index in [0.717, 1.165) is 4.57 Å². The Morgan fingerprint density at radius 1 is 1.00 bits per heavy atom. The summed E-state index contributed by atoms with van der Waals surface area (Å²) < 4.78 is 13.0. The van der Waals surface area contributed by atoms with Crippen LogP contribution in [-0.2, 0) is 18.9 Å². The van der Waals surface area contributed by atoms with Crippen LogP contribution in [0.1, 0.15) is 12.8 Å². The number of ether oxygens (including phenoxy) is 2. The molecule has 0 saturated carbocycles. The smallest absolute Gasteiger partial charge is 0.332 e. The Morgan fingerprint density at radius 3 is 2.28 bits per heavy atom. The van der Waals surface area contributed by atoms with Crippen molar-refractivity contribution < 1.29 is 14.3 Å². The van der Waals surface area contributed by atoms with E-state index >= 15 is 0 Å². The Morgan fingerprint density at radius 2 is 1.66 bits per heavy atom. The molecule has 0 atom stereocenters. The number of amides is 1. The largest absolute Gasteiger partial charge is 0.493 e. The lowest BCUT2D eigenvalue weighted by molar-refractivity contribution is -0.120. The minimum absolute atomic E-state index is 0.0604. The number of hydrogen-bond donors (Lipinski definition) is 1. The summed E-state index contributed by atoms with van der Waals surface area (Å²) in [5, 5.41) is 2.93. The molecule has 1 aliphatic rings. The summed E-state index contributed by atoms with van der Waals surface area (Å²) in [6.07, 6.45) is 1.26. The van der Waals surface area contributed by atoms with Crippen LogP contribution in [0.3, 0.4) is 0 Å². The predicted octanol–water partition coefficient (Wildman–Crippen LogP) is 0.956. The molecule has 1 aliphatic heterocycles. The van der Waals surface area contributed by atoms with Gasteiger partial charge in [0.2, 0.25) is 5.91 Å². The first-order chi connectivity index (χ1) is 13.8. The maximum absolute atomic E-state index is 12.7. The van der Waals surface area contributed by atoms with Crippen molar-refractivity contribution in [1.29, 1.82) is 0 Å². The van der Waals surface area contributed by atoms with Crippen LogP contribution in [-0.4, -0.2) is 42.4 Å². The van der Waals surface area contributed by atoms with Gasteiger partial charge in [-0.15, -0.1) is 0 Å². The van der Waals surface area contributed by atoms with Crippen molar-refractivity contribution in [3.8, 4) is 11.5 Å². The Bertz CT molecular complexity index is 1020. The van der Waals surface area contributed by atoms with E-state index in [1.165, 1.54) is 17.7 Å². The number of anilines is 2. The maximum atomic E-state index is 12.7. The summed E-state index contributed by atoms with van der Waals surface area (Å²) in [7, 11) is 6.21. The topological polar surface area (TPSA) is 94.8 Å². The van der Waals surface area contributed by atoms with Gasteiger partial charge in [-0.2, -0.15) is 0 Å². The highest BCUT2D eigenvalue weighted by atomic mass is 16.5. The lowest BCUT2D eigenvalue weighted by atomic mass is 9.95. The van der Waals surface area contributed by atoms with Gasteiger partial charge < -0.3 is 19.7 Å². The molecule has 2 aromatic rings. The molecule has 1 fully saturated rings. The van der Waals surface area contributed by atoms with Gasteiger partial charge in [0, 0.05) is 50.9 Å². The first-order valence-corrected chi connectivity index (χ1v) is 9.40. The van der Waals surface area contributed by atoms with E-state index in [-0.39, 0.29) is 23.1 Å². The van der Waals surface area contributed by atoms with E-state index in [0.29, 0.717) is 48.9 Å². The minimum Gasteiger partial charge on any atom is -0.493 e. The number of rotatable bonds is 5. The number of methoxy groups -OCH3 is 2. The molecule has 9 nitrogen and oxygen atoms in total. The average Bonchev–Trinajstić information content (AvgIpc) is 2.74. The Labute approximate surface area is 168 Å². The van der Waals surface area contributed by atoms with Crippen molar-refractivity contribution in [2.24, 2.45) is 20.0 Å². The second kappa shape index (κ2) is 8.42. The molecule has 156 valence electrons. The maximum Gasteiger partial charge on any atom is 0.332 e. The minimum atomic E-state index is -0.360. The molecule has 9 heteroatoms. The summed E-state index contributed by atoms with van der Waals surface area (Å²) in [4.78, 5) is 38.8. The van der Waals surface area contributed by atoms with E-state index in [1.807, 2.05) is 4.90 Å². The molecule has 3 rings (SSSR count). The molecule has 1 amide bonds. The van der Waals surface area contributed by atoms with Gasteiger partial charge in [0.15, 0.2) is 11.5 Å². The zero-order valence-corrected chi connectivity index (χ0v) is 17.1. The molecule has 0 aliphatic carbocycles. The van der Waals surface area contributed by atoms with Gasteiger partial charge in [0.05, 0.1) is 14.2 Å². The lowest BCUT2D eigenvalue weighted by Gasteiger charge is -2.33. The molecule has 1 aromatic carbocycles. The quantitative estimate of drug-likeness (QED) is 0.800. The van der Waals surface area contributed by atoms with Crippen LogP contribution < -0.4 is 30.9 Å². The van der Waals surface area contributed by atoms with Crippen LogP contribution in [0.15, 0.2) is 33.9 Å². The fourth-order valence-electron chi connectivity index (χ4n) is 3.55. The Hall–Kier alpha value is -3.23. The Kier molecular flexibility index (Phi) is 5.95. The summed E-state index contributed by atoms with van der Waals surface area (Å²) >= 11 is 0. The normalized spacial score (nSPS) is 14.6. The highest BCUT2D eigenvalue weighted by Gasteiger charge is 2.27. The van der Waals surface area contributed by atoms with Crippen LogP contribution in [0.25, 0.3) is 0 Å². The second-order valence-corrected chi connectivity index (χ2v) is 7.06. The highest BCUT2D eigenvalue weighted by Crippen LogP contribution is 2.30. The third-order valence-corrected chi connectivity index (χ3v) is 5.34. The first-order valence-electron chi connectivity index (χ1n) is 9.40. The van der Waals surface area contributed by atoms with Gasteiger partial charge in [-0.1, -0.05) is 0 Å². The van der Waals surface area contributed by atoms with Gasteiger partial charge in [0.1, 0.15) is 5.82 Å². The molecule has 1 saturated heterocycles. The van der Waals surface area contributed by atoms with Gasteiger partial charge in [0.25, 0.3) is 5.56 Å². The van der Waals surface area contributed by atoms with Gasteiger partial charge in [-0.3, -0.25) is 18.7 Å². The van der Waals surface area contributed by atoms with Crippen LogP contribution in [0.5, 0.6) is 11.5 Å². The van der Waals surface area contributed by atoms with Crippen molar-refractivity contribution in [3.05, 3.63) is 45.1 Å². The number of piperidine rings is 1. The number of nitrogens with one attached hydrogen (secondary N) is 1. The Balaban J connectivity index is 1.66. The molecule has 0 spiro atoms. The van der Waals surface area contributed by atoms with E-state index in [4.69, 9.17) is 9.47 Å². The van der Waals surface area contributed by atoms with Gasteiger partial charge in [-0.05, 0) is 25.0 Å². The molecule has 2 heterocycles. The van der Waals surface area contributed by atoms with E-state index < -0.39 is 0 Å². The molecule has 1 aromatic heterocycles. The molecule has 0 radical (unpaired) electrons. The lowest BCUT2D eigenvalue weighted by Crippen LogP contribution is -2.44.